The molecule has 0 atom stereocenters. The Hall–Kier alpha value is -1.90. The number of amides is 1. The number of carbonyl (C=O) groups excluding carboxylic acids is 1. The van der Waals surface area contributed by atoms with Crippen LogP contribution in [0, 0.1) is 0 Å². The Morgan fingerprint density at radius 2 is 1.70 bits per heavy atom. The summed E-state index contributed by atoms with van der Waals surface area (Å²) in [5.74, 6) is -0.101. The zero-order valence-corrected chi connectivity index (χ0v) is 18.8. The molecule has 2 heterocycles. The highest BCUT2D eigenvalue weighted by molar-refractivity contribution is 7.88. The van der Waals surface area contributed by atoms with Gasteiger partial charge in [-0.2, -0.15) is 5.10 Å². The van der Waals surface area contributed by atoms with E-state index in [0.29, 0.717) is 43.3 Å². The van der Waals surface area contributed by atoms with Crippen LogP contribution in [0.15, 0.2) is 24.3 Å². The van der Waals surface area contributed by atoms with E-state index in [9.17, 15) is 13.2 Å². The summed E-state index contributed by atoms with van der Waals surface area (Å²) in [5, 5.41) is 5.42. The molecule has 4 rings (SSSR count). The Labute approximate surface area is 182 Å². The second kappa shape index (κ2) is 8.69. The fourth-order valence-corrected chi connectivity index (χ4v) is 5.32. The summed E-state index contributed by atoms with van der Waals surface area (Å²) in [6, 6.07) is 7.50. The first-order chi connectivity index (χ1) is 14.3. The van der Waals surface area contributed by atoms with E-state index < -0.39 is 10.0 Å². The molecule has 0 saturated carbocycles. The Kier molecular flexibility index (Phi) is 6.18. The van der Waals surface area contributed by atoms with Crippen molar-refractivity contribution < 1.29 is 13.2 Å². The highest BCUT2D eigenvalue weighted by Gasteiger charge is 2.30. The molecule has 1 aliphatic carbocycles. The van der Waals surface area contributed by atoms with Gasteiger partial charge in [0, 0.05) is 42.5 Å². The van der Waals surface area contributed by atoms with Crippen LogP contribution in [0.1, 0.15) is 47.4 Å². The van der Waals surface area contributed by atoms with E-state index in [2.05, 4.69) is 0 Å². The second-order valence-corrected chi connectivity index (χ2v) is 10.4. The lowest BCUT2D eigenvalue weighted by Crippen LogP contribution is -2.37. The number of hydrogen-bond acceptors (Lipinski definition) is 4. The van der Waals surface area contributed by atoms with Crippen molar-refractivity contribution in [3.63, 3.8) is 0 Å². The van der Waals surface area contributed by atoms with Gasteiger partial charge in [-0.15, -0.1) is 0 Å². The molecule has 0 unspecified atom stereocenters. The van der Waals surface area contributed by atoms with Crippen molar-refractivity contribution in [1.82, 2.24) is 19.0 Å². The maximum atomic E-state index is 13.5. The summed E-state index contributed by atoms with van der Waals surface area (Å²) < 4.78 is 27.1. The average molecular weight is 451 g/mol. The third kappa shape index (κ3) is 4.40. The van der Waals surface area contributed by atoms with Gasteiger partial charge in [0.05, 0.1) is 11.9 Å². The van der Waals surface area contributed by atoms with E-state index in [4.69, 9.17) is 16.7 Å². The van der Waals surface area contributed by atoms with Gasteiger partial charge in [0.25, 0.3) is 5.91 Å². The van der Waals surface area contributed by atoms with E-state index in [-0.39, 0.29) is 5.91 Å². The van der Waals surface area contributed by atoms with Crippen LogP contribution in [0.3, 0.4) is 0 Å². The number of aromatic nitrogens is 2. The van der Waals surface area contributed by atoms with Gasteiger partial charge in [-0.25, -0.2) is 17.4 Å². The minimum Gasteiger partial charge on any atom is -0.336 e. The maximum Gasteiger partial charge on any atom is 0.274 e. The quantitative estimate of drug-likeness (QED) is 0.674. The van der Waals surface area contributed by atoms with Gasteiger partial charge < -0.3 is 4.90 Å². The zero-order chi connectivity index (χ0) is 21.3. The number of fused-ring (bicyclic) bond motifs is 1. The van der Waals surface area contributed by atoms with Gasteiger partial charge in [0.1, 0.15) is 0 Å². The van der Waals surface area contributed by atoms with Gasteiger partial charge in [0.2, 0.25) is 10.0 Å². The molecule has 1 amide bonds. The molecule has 7 nitrogen and oxygen atoms in total. The molecule has 1 fully saturated rings. The summed E-state index contributed by atoms with van der Waals surface area (Å²) in [6.07, 6.45) is 6.83. The summed E-state index contributed by atoms with van der Waals surface area (Å²) in [6.45, 7) is 1.69. The SMILES string of the molecule is CS(=O)(=O)N1CCCN(C(=O)c2nn(-c3ccc(Cl)cc3)c3c2CCCCC3)CC1. The van der Waals surface area contributed by atoms with Gasteiger partial charge in [-0.05, 0) is 56.4 Å². The van der Waals surface area contributed by atoms with E-state index >= 15 is 0 Å². The fourth-order valence-electron chi connectivity index (χ4n) is 4.32. The number of nitrogens with zero attached hydrogens (tertiary/aromatic N) is 4. The maximum absolute atomic E-state index is 13.5. The predicted molar refractivity (Wildman–Crippen MR) is 117 cm³/mol. The standard InChI is InChI=1S/C21H27ClN4O3S/c1-30(28,29)25-13-5-12-24(14-15-25)21(27)20-18-6-3-2-4-7-19(18)26(23-20)17-10-8-16(22)9-11-17/h8-11H,2-7,12-15H2,1H3. The van der Waals surface area contributed by atoms with Crippen molar-refractivity contribution in [1.29, 1.82) is 0 Å². The van der Waals surface area contributed by atoms with Gasteiger partial charge in [-0.3, -0.25) is 4.79 Å². The van der Waals surface area contributed by atoms with Crippen LogP contribution in [0.5, 0.6) is 0 Å². The molecule has 1 aliphatic heterocycles. The molecule has 1 aromatic carbocycles. The third-order valence-corrected chi connectivity index (χ3v) is 7.47. The smallest absolute Gasteiger partial charge is 0.274 e. The molecule has 0 N–H and O–H groups in total. The molecule has 0 bridgehead atoms. The molecule has 2 aromatic rings. The van der Waals surface area contributed by atoms with Crippen molar-refractivity contribution in [3.8, 4) is 5.69 Å². The number of carbonyl (C=O) groups is 1. The molecule has 9 heteroatoms. The van der Waals surface area contributed by atoms with E-state index in [1.165, 1.54) is 10.6 Å². The van der Waals surface area contributed by atoms with Gasteiger partial charge >= 0.3 is 0 Å². The third-order valence-electron chi connectivity index (χ3n) is 5.92. The zero-order valence-electron chi connectivity index (χ0n) is 17.2. The minimum atomic E-state index is -3.25. The predicted octanol–water partition coefficient (Wildman–Crippen LogP) is 2.90. The molecule has 0 spiro atoms. The molecule has 30 heavy (non-hydrogen) atoms. The van der Waals surface area contributed by atoms with E-state index in [1.54, 1.807) is 4.90 Å². The average Bonchev–Trinajstić information content (AvgIpc) is 2.91. The number of hydrogen-bond donors (Lipinski definition) is 0. The monoisotopic (exact) mass is 450 g/mol. The Morgan fingerprint density at radius 1 is 0.967 bits per heavy atom. The fraction of sp³-hybridized carbons (Fsp3) is 0.524. The molecule has 162 valence electrons. The summed E-state index contributed by atoms with van der Waals surface area (Å²) in [5.41, 5.74) is 3.55. The van der Waals surface area contributed by atoms with Gasteiger partial charge in [-0.1, -0.05) is 18.0 Å². The van der Waals surface area contributed by atoms with E-state index in [0.717, 1.165) is 49.0 Å². The summed E-state index contributed by atoms with van der Waals surface area (Å²) in [4.78, 5) is 15.2. The van der Waals surface area contributed by atoms with Crippen molar-refractivity contribution in [2.45, 2.75) is 38.5 Å². The van der Waals surface area contributed by atoms with Crippen LogP contribution in [-0.2, 0) is 22.9 Å². The largest absolute Gasteiger partial charge is 0.336 e. The van der Waals surface area contributed by atoms with Crippen molar-refractivity contribution in [3.05, 3.63) is 46.2 Å². The molecule has 1 saturated heterocycles. The molecular formula is C21H27ClN4O3S. The minimum absolute atomic E-state index is 0.101. The number of halogens is 1. The Bertz CT molecular complexity index is 1030. The summed E-state index contributed by atoms with van der Waals surface area (Å²) >= 11 is 6.05. The summed E-state index contributed by atoms with van der Waals surface area (Å²) in [7, 11) is -3.25. The van der Waals surface area contributed by atoms with Crippen LogP contribution in [0.4, 0.5) is 0 Å². The lowest BCUT2D eigenvalue weighted by Gasteiger charge is -2.20. The van der Waals surface area contributed by atoms with Crippen molar-refractivity contribution >= 4 is 27.5 Å². The molecule has 2 aliphatic rings. The number of sulfonamides is 1. The Morgan fingerprint density at radius 3 is 2.43 bits per heavy atom. The van der Waals surface area contributed by atoms with Crippen LogP contribution >= 0.6 is 11.6 Å². The van der Waals surface area contributed by atoms with E-state index in [1.807, 2.05) is 28.9 Å². The first-order valence-electron chi connectivity index (χ1n) is 10.5. The molecule has 1 aromatic heterocycles. The van der Waals surface area contributed by atoms with Crippen LogP contribution in [-0.4, -0.2) is 65.7 Å². The lowest BCUT2D eigenvalue weighted by atomic mass is 10.1. The highest BCUT2D eigenvalue weighted by Crippen LogP contribution is 2.28. The normalized spacial score (nSPS) is 18.5. The first-order valence-corrected chi connectivity index (χ1v) is 12.7. The van der Waals surface area contributed by atoms with Crippen molar-refractivity contribution in [2.75, 3.05) is 32.4 Å². The lowest BCUT2D eigenvalue weighted by molar-refractivity contribution is 0.0756. The molecular weight excluding hydrogens is 424 g/mol. The van der Waals surface area contributed by atoms with Crippen LogP contribution in [0.25, 0.3) is 5.69 Å². The first kappa shape index (κ1) is 21.3. The van der Waals surface area contributed by atoms with Crippen molar-refractivity contribution in [2.24, 2.45) is 0 Å². The van der Waals surface area contributed by atoms with Crippen LogP contribution in [0.2, 0.25) is 5.02 Å². The Balaban J connectivity index is 1.66. The highest BCUT2D eigenvalue weighted by atomic mass is 35.5. The van der Waals surface area contributed by atoms with Crippen LogP contribution < -0.4 is 0 Å². The number of benzene rings is 1. The topological polar surface area (TPSA) is 75.5 Å². The second-order valence-electron chi connectivity index (χ2n) is 8.03. The number of rotatable bonds is 3. The molecule has 0 radical (unpaired) electrons. The van der Waals surface area contributed by atoms with Gasteiger partial charge in [0.15, 0.2) is 5.69 Å².